The second-order valence-electron chi connectivity index (χ2n) is 7.03. The molecule has 9 nitrogen and oxygen atoms in total. The van der Waals surface area contributed by atoms with Crippen molar-refractivity contribution in [2.75, 3.05) is 53.2 Å². The number of halogens is 1. The number of benzene rings is 1. The van der Waals surface area contributed by atoms with E-state index in [0.717, 1.165) is 25.9 Å². The van der Waals surface area contributed by atoms with Crippen LogP contribution in [0.2, 0.25) is 0 Å². The minimum Gasteiger partial charge on any atom is -0.492 e. The first-order valence-electron chi connectivity index (χ1n) is 9.45. The Morgan fingerprint density at radius 2 is 2.00 bits per heavy atom. The van der Waals surface area contributed by atoms with Crippen molar-refractivity contribution in [3.05, 3.63) is 18.2 Å². The zero-order valence-corrected chi connectivity index (χ0v) is 17.3. The molecular formula is C19H28ClN3O6. The molecular weight excluding hydrogens is 402 g/mol. The molecule has 2 aliphatic rings. The van der Waals surface area contributed by atoms with Crippen LogP contribution in [0, 0.1) is 0 Å². The van der Waals surface area contributed by atoms with Crippen LogP contribution in [0.25, 0.3) is 0 Å². The molecule has 0 aromatic heterocycles. The molecule has 2 aliphatic heterocycles. The van der Waals surface area contributed by atoms with Crippen molar-refractivity contribution in [3.63, 3.8) is 0 Å². The first-order valence-corrected chi connectivity index (χ1v) is 9.45. The zero-order chi connectivity index (χ0) is 19.9. The van der Waals surface area contributed by atoms with Crippen molar-refractivity contribution in [1.82, 2.24) is 15.1 Å². The molecule has 1 fully saturated rings. The first kappa shape index (κ1) is 23.1. The van der Waals surface area contributed by atoms with E-state index in [1.807, 2.05) is 11.9 Å². The normalized spacial score (nSPS) is 16.3. The number of aliphatic carboxylic acids is 1. The fourth-order valence-corrected chi connectivity index (χ4v) is 3.45. The molecule has 0 unspecified atom stereocenters. The summed E-state index contributed by atoms with van der Waals surface area (Å²) in [5.41, 5.74) is 0. The highest BCUT2D eigenvalue weighted by atomic mass is 35.5. The highest BCUT2D eigenvalue weighted by molar-refractivity contribution is 5.85. The minimum absolute atomic E-state index is 0. The quantitative estimate of drug-likeness (QED) is 0.556. The maximum Gasteiger partial charge on any atom is 0.317 e. The Bertz CT molecular complexity index is 697. The van der Waals surface area contributed by atoms with Gasteiger partial charge in [-0.15, -0.1) is 12.4 Å². The Kier molecular flexibility index (Phi) is 8.81. The summed E-state index contributed by atoms with van der Waals surface area (Å²) in [5.74, 6) is 1.20. The van der Waals surface area contributed by atoms with E-state index >= 15 is 0 Å². The summed E-state index contributed by atoms with van der Waals surface area (Å²) in [7, 11) is 1.83. The SMILES string of the molecule is CN(CC(=O)O)C1CCN(CC(=O)NCCOc2ccc3c(c2)OCO3)CC1.Cl. The number of piperidine rings is 1. The van der Waals surface area contributed by atoms with Gasteiger partial charge in [-0.25, -0.2) is 0 Å². The van der Waals surface area contributed by atoms with Crippen molar-refractivity contribution < 1.29 is 28.9 Å². The summed E-state index contributed by atoms with van der Waals surface area (Å²) in [6.07, 6.45) is 1.73. The molecule has 1 saturated heterocycles. The number of likely N-dealkylation sites (N-methyl/N-ethyl adjacent to an activating group) is 1. The molecule has 1 aromatic rings. The van der Waals surface area contributed by atoms with Crippen LogP contribution < -0.4 is 19.5 Å². The molecule has 1 aromatic carbocycles. The predicted molar refractivity (Wildman–Crippen MR) is 108 cm³/mol. The van der Waals surface area contributed by atoms with Gasteiger partial charge < -0.3 is 24.6 Å². The van der Waals surface area contributed by atoms with Gasteiger partial charge in [-0.05, 0) is 32.0 Å². The minimum atomic E-state index is -0.813. The largest absolute Gasteiger partial charge is 0.492 e. The van der Waals surface area contributed by atoms with Crippen LogP contribution in [-0.4, -0.2) is 86.0 Å². The molecule has 2 N–H and O–H groups in total. The molecule has 10 heteroatoms. The van der Waals surface area contributed by atoms with Crippen molar-refractivity contribution in [2.24, 2.45) is 0 Å². The van der Waals surface area contributed by atoms with Gasteiger partial charge in [0.15, 0.2) is 11.5 Å². The summed E-state index contributed by atoms with van der Waals surface area (Å²) in [5, 5.41) is 11.7. The number of nitrogens with zero attached hydrogens (tertiary/aromatic N) is 2. The lowest BCUT2D eigenvalue weighted by atomic mass is 10.0. The summed E-state index contributed by atoms with van der Waals surface area (Å²) in [4.78, 5) is 26.9. The molecule has 0 spiro atoms. The Morgan fingerprint density at radius 1 is 1.28 bits per heavy atom. The molecule has 0 aliphatic carbocycles. The molecule has 2 heterocycles. The number of carbonyl (C=O) groups is 2. The number of fused-ring (bicyclic) bond motifs is 1. The summed E-state index contributed by atoms with van der Waals surface area (Å²) in [6, 6.07) is 5.63. The van der Waals surface area contributed by atoms with Crippen molar-refractivity contribution in [3.8, 4) is 17.2 Å². The van der Waals surface area contributed by atoms with Gasteiger partial charge in [0.1, 0.15) is 12.4 Å². The number of likely N-dealkylation sites (tertiary alicyclic amines) is 1. The molecule has 162 valence electrons. The predicted octanol–water partition coefficient (Wildman–Crippen LogP) is 0.813. The van der Waals surface area contributed by atoms with Crippen LogP contribution >= 0.6 is 12.4 Å². The van der Waals surface area contributed by atoms with E-state index in [0.29, 0.717) is 36.9 Å². The lowest BCUT2D eigenvalue weighted by Gasteiger charge is -2.35. The topological polar surface area (TPSA) is 101 Å². The van der Waals surface area contributed by atoms with Crippen LogP contribution in [0.3, 0.4) is 0 Å². The van der Waals surface area contributed by atoms with E-state index in [9.17, 15) is 9.59 Å². The lowest BCUT2D eigenvalue weighted by molar-refractivity contribution is -0.138. The third-order valence-electron chi connectivity index (χ3n) is 4.97. The van der Waals surface area contributed by atoms with Crippen LogP contribution in [0.5, 0.6) is 17.2 Å². The second-order valence-corrected chi connectivity index (χ2v) is 7.03. The number of carboxylic acids is 1. The van der Waals surface area contributed by atoms with Gasteiger partial charge in [-0.3, -0.25) is 19.4 Å². The summed E-state index contributed by atoms with van der Waals surface area (Å²) in [6.45, 7) is 2.99. The van der Waals surface area contributed by atoms with E-state index in [-0.39, 0.29) is 37.7 Å². The fraction of sp³-hybridized carbons (Fsp3) is 0.579. The Hall–Kier alpha value is -2.23. The number of ether oxygens (including phenoxy) is 3. The number of hydrogen-bond donors (Lipinski definition) is 2. The highest BCUT2D eigenvalue weighted by Gasteiger charge is 2.24. The second kappa shape index (κ2) is 11.1. The average molecular weight is 430 g/mol. The van der Waals surface area contributed by atoms with Gasteiger partial charge in [0.2, 0.25) is 12.7 Å². The van der Waals surface area contributed by atoms with Crippen molar-refractivity contribution in [2.45, 2.75) is 18.9 Å². The number of nitrogens with one attached hydrogen (secondary N) is 1. The molecule has 29 heavy (non-hydrogen) atoms. The Labute approximate surface area is 176 Å². The standard InChI is InChI=1S/C19H27N3O6.ClH/c1-21(12-19(24)25)14-4-7-22(8-5-14)11-18(23)20-6-9-26-15-2-3-16-17(10-15)28-13-27-16;/h2-3,10,14H,4-9,11-13H2,1H3,(H,20,23)(H,24,25);1H. The molecule has 0 bridgehead atoms. The van der Waals surface area contributed by atoms with Gasteiger partial charge in [0.25, 0.3) is 0 Å². The third-order valence-corrected chi connectivity index (χ3v) is 4.97. The first-order chi connectivity index (χ1) is 13.5. The number of amides is 1. The Balaban J connectivity index is 0.00000300. The fourth-order valence-electron chi connectivity index (χ4n) is 3.45. The van der Waals surface area contributed by atoms with Gasteiger partial charge in [-0.1, -0.05) is 0 Å². The van der Waals surface area contributed by atoms with Crippen molar-refractivity contribution >= 4 is 24.3 Å². The summed E-state index contributed by atoms with van der Waals surface area (Å²) >= 11 is 0. The monoisotopic (exact) mass is 429 g/mol. The van der Waals surface area contributed by atoms with E-state index < -0.39 is 5.97 Å². The van der Waals surface area contributed by atoms with Crippen molar-refractivity contribution in [1.29, 1.82) is 0 Å². The highest BCUT2D eigenvalue weighted by Crippen LogP contribution is 2.34. The average Bonchev–Trinajstić information content (AvgIpc) is 3.13. The summed E-state index contributed by atoms with van der Waals surface area (Å²) < 4.78 is 16.2. The number of carboxylic acid groups (broad SMARTS) is 1. The van der Waals surface area contributed by atoms with E-state index in [1.165, 1.54) is 0 Å². The molecule has 0 atom stereocenters. The molecule has 0 radical (unpaired) electrons. The van der Waals surface area contributed by atoms with Gasteiger partial charge in [0.05, 0.1) is 19.6 Å². The number of rotatable bonds is 9. The van der Waals surface area contributed by atoms with Crippen LogP contribution in [0.1, 0.15) is 12.8 Å². The lowest BCUT2D eigenvalue weighted by Crippen LogP contribution is -2.47. The zero-order valence-electron chi connectivity index (χ0n) is 16.5. The van der Waals surface area contributed by atoms with E-state index in [4.69, 9.17) is 19.3 Å². The Morgan fingerprint density at radius 3 is 2.72 bits per heavy atom. The molecule has 1 amide bonds. The van der Waals surface area contributed by atoms with Gasteiger partial charge in [-0.2, -0.15) is 0 Å². The number of carbonyl (C=O) groups excluding carboxylic acids is 1. The van der Waals surface area contributed by atoms with E-state index in [2.05, 4.69) is 10.2 Å². The third kappa shape index (κ3) is 6.95. The molecule has 3 rings (SSSR count). The molecule has 0 saturated carbocycles. The van der Waals surface area contributed by atoms with Crippen LogP contribution in [0.4, 0.5) is 0 Å². The van der Waals surface area contributed by atoms with Gasteiger partial charge in [0, 0.05) is 25.2 Å². The maximum atomic E-state index is 12.1. The van der Waals surface area contributed by atoms with E-state index in [1.54, 1.807) is 18.2 Å². The smallest absolute Gasteiger partial charge is 0.317 e. The van der Waals surface area contributed by atoms with Crippen LogP contribution in [0.15, 0.2) is 18.2 Å². The number of hydrogen-bond acceptors (Lipinski definition) is 7. The van der Waals surface area contributed by atoms with Gasteiger partial charge >= 0.3 is 5.97 Å². The maximum absolute atomic E-state index is 12.1. The van der Waals surface area contributed by atoms with Crippen LogP contribution in [-0.2, 0) is 9.59 Å².